The fraction of sp³-hybridized carbons (Fsp3) is 0.667. The van der Waals surface area contributed by atoms with Crippen molar-refractivity contribution in [2.24, 2.45) is 11.5 Å². The minimum atomic E-state index is -4.31. The van der Waals surface area contributed by atoms with E-state index in [1.165, 1.54) is 6.92 Å². The van der Waals surface area contributed by atoms with Crippen LogP contribution in [-0.2, 0) is 9.09 Å². The van der Waals surface area contributed by atoms with Crippen molar-refractivity contribution in [3.63, 3.8) is 0 Å². The molecule has 0 radical (unpaired) electrons. The molecule has 0 spiro atoms. The number of carbonyl (C=O) groups is 1. The molecule has 6 nitrogen and oxygen atoms in total. The standard InChI is InChI=1S/C3H9N2O4P/c1-2(4)9-10(7,8)3(5)6/h2H,4H2,1H3,(H2,5,6)(H,7,8). The van der Waals surface area contributed by atoms with Crippen LogP contribution in [0.3, 0.4) is 0 Å². The lowest BCUT2D eigenvalue weighted by Crippen LogP contribution is -2.21. The van der Waals surface area contributed by atoms with E-state index in [-0.39, 0.29) is 0 Å². The zero-order valence-corrected chi connectivity index (χ0v) is 6.25. The monoisotopic (exact) mass is 168 g/mol. The fourth-order valence-electron chi connectivity index (χ4n) is 0.277. The zero-order valence-electron chi connectivity index (χ0n) is 5.35. The van der Waals surface area contributed by atoms with E-state index in [2.05, 4.69) is 10.3 Å². The first-order valence-electron chi connectivity index (χ1n) is 2.43. The van der Waals surface area contributed by atoms with Gasteiger partial charge < -0.3 is 16.4 Å². The summed E-state index contributed by atoms with van der Waals surface area (Å²) >= 11 is 0. The van der Waals surface area contributed by atoms with Crippen molar-refractivity contribution < 1.29 is 18.8 Å². The largest absolute Gasteiger partial charge is 0.416 e. The quantitative estimate of drug-likeness (QED) is 0.390. The van der Waals surface area contributed by atoms with Crippen LogP contribution in [0.4, 0.5) is 4.79 Å². The van der Waals surface area contributed by atoms with Gasteiger partial charge in [0.1, 0.15) is 6.23 Å². The van der Waals surface area contributed by atoms with Gasteiger partial charge in [-0.05, 0) is 6.92 Å². The zero-order chi connectivity index (χ0) is 8.36. The Labute approximate surface area is 57.7 Å². The molecular weight excluding hydrogens is 159 g/mol. The molecule has 0 saturated heterocycles. The van der Waals surface area contributed by atoms with Gasteiger partial charge in [-0.15, -0.1) is 0 Å². The van der Waals surface area contributed by atoms with Gasteiger partial charge in [0, 0.05) is 0 Å². The fourth-order valence-corrected chi connectivity index (χ4v) is 0.832. The highest BCUT2D eigenvalue weighted by Crippen LogP contribution is 2.41. The third-order valence-corrected chi connectivity index (χ3v) is 1.76. The van der Waals surface area contributed by atoms with E-state index in [1.54, 1.807) is 0 Å². The summed E-state index contributed by atoms with van der Waals surface area (Å²) in [5.41, 5.74) is 8.04. The summed E-state index contributed by atoms with van der Waals surface area (Å²) in [5, 5.41) is 0. The van der Waals surface area contributed by atoms with Gasteiger partial charge in [0.2, 0.25) is 0 Å². The van der Waals surface area contributed by atoms with Crippen LogP contribution in [0.25, 0.3) is 0 Å². The van der Waals surface area contributed by atoms with Crippen LogP contribution < -0.4 is 11.5 Å². The van der Waals surface area contributed by atoms with Gasteiger partial charge in [0.15, 0.2) is 0 Å². The van der Waals surface area contributed by atoms with Crippen LogP contribution in [-0.4, -0.2) is 16.8 Å². The van der Waals surface area contributed by atoms with Crippen LogP contribution in [0.1, 0.15) is 6.92 Å². The smallest absolute Gasteiger partial charge is 0.359 e. The molecule has 0 bridgehead atoms. The van der Waals surface area contributed by atoms with Gasteiger partial charge in [0.05, 0.1) is 0 Å². The average Bonchev–Trinajstić information content (AvgIpc) is 1.60. The lowest BCUT2D eigenvalue weighted by atomic mass is 10.7. The number of nitrogens with two attached hydrogens (primary N) is 2. The highest BCUT2D eigenvalue weighted by Gasteiger charge is 2.28. The highest BCUT2D eigenvalue weighted by molar-refractivity contribution is 7.70. The van der Waals surface area contributed by atoms with Gasteiger partial charge in [0.25, 0.3) is 0 Å². The summed E-state index contributed by atoms with van der Waals surface area (Å²) < 4.78 is 14.6. The Morgan fingerprint density at radius 2 is 2.20 bits per heavy atom. The molecule has 0 heterocycles. The van der Waals surface area contributed by atoms with Gasteiger partial charge in [-0.1, -0.05) is 0 Å². The third-order valence-electron chi connectivity index (χ3n) is 0.588. The Kier molecular flexibility index (Phi) is 2.98. The summed E-state index contributed by atoms with van der Waals surface area (Å²) in [6, 6.07) is 0. The molecule has 0 aromatic rings. The molecule has 60 valence electrons. The second-order valence-electron chi connectivity index (χ2n) is 1.67. The Balaban J connectivity index is 4.15. The van der Waals surface area contributed by atoms with Crippen molar-refractivity contribution in [2.45, 2.75) is 13.2 Å². The van der Waals surface area contributed by atoms with Crippen molar-refractivity contribution in [2.75, 3.05) is 0 Å². The molecule has 10 heavy (non-hydrogen) atoms. The van der Waals surface area contributed by atoms with E-state index in [9.17, 15) is 9.36 Å². The predicted octanol–water partition coefficient (Wildman–Crippen LogP) is -0.428. The van der Waals surface area contributed by atoms with Crippen molar-refractivity contribution in [1.29, 1.82) is 0 Å². The van der Waals surface area contributed by atoms with E-state index < -0.39 is 19.5 Å². The van der Waals surface area contributed by atoms with Gasteiger partial charge >= 0.3 is 13.2 Å². The molecule has 5 N–H and O–H groups in total. The number of hydrogen-bond donors (Lipinski definition) is 3. The van der Waals surface area contributed by atoms with Crippen molar-refractivity contribution in [1.82, 2.24) is 0 Å². The van der Waals surface area contributed by atoms with Crippen LogP contribution in [0.15, 0.2) is 0 Å². The molecule has 0 saturated carbocycles. The number of hydrogen-bond acceptors (Lipinski definition) is 4. The van der Waals surface area contributed by atoms with Crippen LogP contribution in [0.2, 0.25) is 0 Å². The SMILES string of the molecule is CC(N)OP(=O)(O)C(N)=O. The maximum Gasteiger partial charge on any atom is 0.416 e. The van der Waals surface area contributed by atoms with E-state index in [1.807, 2.05) is 0 Å². The number of rotatable bonds is 3. The maximum atomic E-state index is 10.5. The molecule has 2 unspecified atom stereocenters. The topological polar surface area (TPSA) is 116 Å². The average molecular weight is 168 g/mol. The minimum Gasteiger partial charge on any atom is -0.359 e. The predicted molar refractivity (Wildman–Crippen MR) is 34.1 cm³/mol. The molecule has 0 rings (SSSR count). The normalized spacial score (nSPS) is 19.5. The Bertz CT molecular complexity index is 179. The van der Waals surface area contributed by atoms with E-state index in [0.29, 0.717) is 0 Å². The number of carbonyl (C=O) groups excluding carboxylic acids is 1. The van der Waals surface area contributed by atoms with Crippen LogP contribution in [0, 0.1) is 0 Å². The first-order valence-corrected chi connectivity index (χ1v) is 4.01. The molecule has 2 atom stereocenters. The highest BCUT2D eigenvalue weighted by atomic mass is 31.2. The second kappa shape index (κ2) is 3.12. The second-order valence-corrected chi connectivity index (χ2v) is 3.36. The number of primary amides is 1. The summed E-state index contributed by atoms with van der Waals surface area (Å²) in [7, 11) is -4.31. The maximum absolute atomic E-state index is 10.5. The van der Waals surface area contributed by atoms with Crippen molar-refractivity contribution >= 4 is 13.2 Å². The van der Waals surface area contributed by atoms with Crippen LogP contribution >= 0.6 is 7.60 Å². The first kappa shape index (κ1) is 9.58. The van der Waals surface area contributed by atoms with Crippen molar-refractivity contribution in [3.8, 4) is 0 Å². The molecule has 0 aliphatic rings. The molecule has 7 heteroatoms. The van der Waals surface area contributed by atoms with Crippen molar-refractivity contribution in [3.05, 3.63) is 0 Å². The Morgan fingerprint density at radius 3 is 2.30 bits per heavy atom. The Hall–Kier alpha value is -0.420. The molecule has 0 aromatic heterocycles. The van der Waals surface area contributed by atoms with E-state index >= 15 is 0 Å². The van der Waals surface area contributed by atoms with Gasteiger partial charge in [-0.2, -0.15) is 0 Å². The molecular formula is C3H9N2O4P. The summed E-state index contributed by atoms with van der Waals surface area (Å²) in [6.45, 7) is 1.31. The number of amides is 1. The van der Waals surface area contributed by atoms with Gasteiger partial charge in [-0.25, -0.2) is 4.57 Å². The van der Waals surface area contributed by atoms with E-state index in [4.69, 9.17) is 10.6 Å². The minimum absolute atomic E-state index is 0.983. The molecule has 0 aliphatic carbocycles. The molecule has 0 fully saturated rings. The third kappa shape index (κ3) is 2.93. The van der Waals surface area contributed by atoms with Gasteiger partial charge in [-0.3, -0.25) is 9.32 Å². The lowest BCUT2D eigenvalue weighted by molar-refractivity contribution is 0.192. The van der Waals surface area contributed by atoms with E-state index in [0.717, 1.165) is 0 Å². The first-order chi connectivity index (χ1) is 4.36. The van der Waals surface area contributed by atoms with Crippen LogP contribution in [0.5, 0.6) is 0 Å². The molecule has 0 aliphatic heterocycles. The Morgan fingerprint density at radius 1 is 1.80 bits per heavy atom. The summed E-state index contributed by atoms with van der Waals surface area (Å²) in [4.78, 5) is 18.6. The molecule has 0 aromatic carbocycles. The summed E-state index contributed by atoms with van der Waals surface area (Å²) in [6.07, 6.45) is -0.983. The lowest BCUT2D eigenvalue weighted by Gasteiger charge is -2.09. The summed E-state index contributed by atoms with van der Waals surface area (Å²) in [5.74, 6) is 0. The molecule has 1 amide bonds.